The Balaban J connectivity index is 2.49. The summed E-state index contributed by atoms with van der Waals surface area (Å²) in [4.78, 5) is 65.6. The Kier molecular flexibility index (Phi) is 35.8. The van der Waals surface area contributed by atoms with E-state index in [1.807, 2.05) is 12.2 Å². The van der Waals surface area contributed by atoms with Crippen molar-refractivity contribution in [3.05, 3.63) is 24.3 Å². The largest absolute Gasteiger partial charge is 0.472 e. The second-order valence-electron chi connectivity index (χ2n) is 18.4. The summed E-state index contributed by atoms with van der Waals surface area (Å²) >= 11 is 0. The molecule has 1 fully saturated rings. The molecule has 18 heteroatoms. The highest BCUT2D eigenvalue weighted by molar-refractivity contribution is 7.47. The molecule has 0 aliphatic heterocycles. The molecule has 0 amide bonds. The summed E-state index contributed by atoms with van der Waals surface area (Å²) in [6.07, 6.45) is 28.2. The molecular weight excluding hydrogens is 894 g/mol. The number of unbranched alkanes of at least 4 members (excludes halogenated alkanes) is 18. The SMILES string of the molecule is CCCCC[C@H](O)/C=C/[C@H]1C(=O)C[C@H](O)[C@@H]1C/C=C\CCCC(=O)OC[C@H](COP(=O)(O)OC[C@@H](O)COP(=O)(O)O)OC(=O)CCCCCCCCCCCCCCCCCCC(C)C. The Hall–Kier alpha value is -1.81. The van der Waals surface area contributed by atoms with Crippen molar-refractivity contribution < 1.29 is 76.6 Å². The molecule has 0 bridgehead atoms. The average molecular weight is 983 g/mol. The van der Waals surface area contributed by atoms with Crippen molar-refractivity contribution in [3.8, 4) is 0 Å². The second-order valence-corrected chi connectivity index (χ2v) is 21.1. The van der Waals surface area contributed by atoms with Gasteiger partial charge in [0.05, 0.1) is 32.0 Å². The first kappa shape index (κ1) is 62.2. The minimum Gasteiger partial charge on any atom is -0.462 e. The standard InChI is InChI=1S/C48H88O16P2/c1-4-5-22-28-40(49)32-33-44-43(45(51)34-46(44)52)29-24-20-21-25-30-47(53)60-37-42(38-63-66(58,59)62-36-41(50)35-61-65(55,56)57)64-48(54)31-26-19-17-15-13-11-9-7-6-8-10-12-14-16-18-23-27-39(2)3/h20,24,32-33,39-45,49-51H,4-19,21-23,25-31,34-38H2,1-3H3,(H,58,59)(H2,55,56,57)/b24-20-,33-32+/t40-,41-,42+,43+,44+,45-/m0/s1. The summed E-state index contributed by atoms with van der Waals surface area (Å²) < 4.78 is 47.9. The number of carbonyl (C=O) groups is 3. The molecule has 0 heterocycles. The first-order chi connectivity index (χ1) is 31.4. The summed E-state index contributed by atoms with van der Waals surface area (Å²) in [6, 6.07) is 0. The number of carbonyl (C=O) groups excluding carboxylic acids is 3. The van der Waals surface area contributed by atoms with E-state index in [-0.39, 0.29) is 31.0 Å². The molecule has 0 radical (unpaired) electrons. The Labute approximate surface area is 395 Å². The van der Waals surface area contributed by atoms with E-state index in [1.54, 1.807) is 12.2 Å². The third kappa shape index (κ3) is 35.3. The number of aliphatic hydroxyl groups is 3. The van der Waals surface area contributed by atoms with Gasteiger partial charge in [0.15, 0.2) is 6.10 Å². The lowest BCUT2D eigenvalue weighted by molar-refractivity contribution is -0.161. The molecule has 1 rings (SSSR count). The number of esters is 2. The molecule has 0 aromatic carbocycles. The highest BCUT2D eigenvalue weighted by Gasteiger charge is 2.39. The number of hydrogen-bond acceptors (Lipinski definition) is 13. The van der Waals surface area contributed by atoms with Crippen molar-refractivity contribution in [2.75, 3.05) is 26.4 Å². The minimum absolute atomic E-state index is 0.00667. The predicted molar refractivity (Wildman–Crippen MR) is 254 cm³/mol. The van der Waals surface area contributed by atoms with Crippen LogP contribution in [-0.2, 0) is 46.6 Å². The van der Waals surface area contributed by atoms with Gasteiger partial charge in [-0.3, -0.25) is 28.0 Å². The van der Waals surface area contributed by atoms with Gasteiger partial charge in [0.1, 0.15) is 18.5 Å². The van der Waals surface area contributed by atoms with E-state index >= 15 is 0 Å². The minimum atomic E-state index is -4.90. The lowest BCUT2D eigenvalue weighted by atomic mass is 9.90. The van der Waals surface area contributed by atoms with Gasteiger partial charge in [0, 0.05) is 31.1 Å². The van der Waals surface area contributed by atoms with E-state index in [1.165, 1.54) is 77.0 Å². The van der Waals surface area contributed by atoms with Crippen LogP contribution >= 0.6 is 15.6 Å². The molecule has 1 saturated carbocycles. The van der Waals surface area contributed by atoms with Crippen molar-refractivity contribution in [2.24, 2.45) is 17.8 Å². The molecule has 1 unspecified atom stereocenters. The van der Waals surface area contributed by atoms with Crippen LogP contribution in [0, 0.1) is 17.8 Å². The van der Waals surface area contributed by atoms with Crippen molar-refractivity contribution in [3.63, 3.8) is 0 Å². The maximum atomic E-state index is 12.8. The summed E-state index contributed by atoms with van der Waals surface area (Å²) in [6.45, 7) is 3.72. The third-order valence-electron chi connectivity index (χ3n) is 11.6. The lowest BCUT2D eigenvalue weighted by Crippen LogP contribution is -2.30. The molecule has 66 heavy (non-hydrogen) atoms. The van der Waals surface area contributed by atoms with Crippen LogP contribution in [0.2, 0.25) is 0 Å². The maximum absolute atomic E-state index is 12.8. The van der Waals surface area contributed by atoms with Gasteiger partial charge in [-0.2, -0.15) is 0 Å². The van der Waals surface area contributed by atoms with Crippen LogP contribution in [0.3, 0.4) is 0 Å². The quantitative estimate of drug-likeness (QED) is 0.0144. The normalized spacial score (nSPS) is 19.2. The van der Waals surface area contributed by atoms with Gasteiger partial charge in [0.25, 0.3) is 0 Å². The zero-order valence-corrected chi connectivity index (χ0v) is 42.2. The van der Waals surface area contributed by atoms with Gasteiger partial charge in [-0.15, -0.1) is 0 Å². The predicted octanol–water partition coefficient (Wildman–Crippen LogP) is 9.90. The molecular formula is C48H88O16P2. The van der Waals surface area contributed by atoms with E-state index in [9.17, 15) is 43.7 Å². The summed E-state index contributed by atoms with van der Waals surface area (Å²) in [5, 5.41) is 30.5. The number of ketones is 1. The Morgan fingerprint density at radius 1 is 0.682 bits per heavy atom. The Morgan fingerprint density at radius 3 is 1.79 bits per heavy atom. The number of hydrogen-bond donors (Lipinski definition) is 6. The number of Topliss-reactive ketones (excluding diaryl/α,β-unsaturated/α-hetero) is 1. The number of ether oxygens (including phenoxy) is 2. The van der Waals surface area contributed by atoms with Gasteiger partial charge >= 0.3 is 27.6 Å². The Bertz CT molecular complexity index is 1430. The summed E-state index contributed by atoms with van der Waals surface area (Å²) in [5.41, 5.74) is 0. The molecule has 6 N–H and O–H groups in total. The van der Waals surface area contributed by atoms with Crippen LogP contribution in [0.25, 0.3) is 0 Å². The van der Waals surface area contributed by atoms with Crippen LogP contribution < -0.4 is 0 Å². The van der Waals surface area contributed by atoms with Crippen LogP contribution in [-0.4, -0.2) is 98.6 Å². The average Bonchev–Trinajstić information content (AvgIpc) is 3.53. The lowest BCUT2D eigenvalue weighted by Gasteiger charge is -2.20. The topological polar surface area (TPSA) is 253 Å². The molecule has 0 saturated heterocycles. The number of rotatable bonds is 43. The fraction of sp³-hybridized carbons (Fsp3) is 0.854. The summed E-state index contributed by atoms with van der Waals surface area (Å²) in [5.74, 6) is -1.26. The van der Waals surface area contributed by atoms with Crippen molar-refractivity contribution in [1.29, 1.82) is 0 Å². The monoisotopic (exact) mass is 983 g/mol. The maximum Gasteiger partial charge on any atom is 0.472 e. The van der Waals surface area contributed by atoms with Crippen molar-refractivity contribution >= 4 is 33.4 Å². The highest BCUT2D eigenvalue weighted by Crippen LogP contribution is 2.44. The van der Waals surface area contributed by atoms with Gasteiger partial charge in [0.2, 0.25) is 0 Å². The molecule has 7 atom stereocenters. The van der Waals surface area contributed by atoms with Gasteiger partial charge in [-0.25, -0.2) is 9.13 Å². The fourth-order valence-electron chi connectivity index (χ4n) is 7.75. The Morgan fingerprint density at radius 2 is 1.21 bits per heavy atom. The van der Waals surface area contributed by atoms with E-state index in [0.29, 0.717) is 32.1 Å². The third-order valence-corrected chi connectivity index (χ3v) is 13.1. The highest BCUT2D eigenvalue weighted by atomic mass is 31.2. The van der Waals surface area contributed by atoms with E-state index in [2.05, 4.69) is 29.8 Å². The summed E-state index contributed by atoms with van der Waals surface area (Å²) in [7, 11) is -9.77. The zero-order valence-electron chi connectivity index (χ0n) is 40.4. The second kappa shape index (κ2) is 38.0. The smallest absolute Gasteiger partial charge is 0.462 e. The first-order valence-corrected chi connectivity index (χ1v) is 28.0. The number of phosphoric ester groups is 2. The van der Waals surface area contributed by atoms with Gasteiger partial charge in [-0.05, 0) is 38.0 Å². The first-order valence-electron chi connectivity index (χ1n) is 25.0. The molecule has 1 aliphatic rings. The molecule has 0 spiro atoms. The van der Waals surface area contributed by atoms with E-state index < -0.39 is 84.3 Å². The fourth-order valence-corrected chi connectivity index (χ4v) is 8.91. The molecule has 0 aromatic rings. The molecule has 16 nitrogen and oxygen atoms in total. The van der Waals surface area contributed by atoms with Gasteiger partial charge < -0.3 is 39.5 Å². The van der Waals surface area contributed by atoms with Crippen LogP contribution in [0.4, 0.5) is 0 Å². The van der Waals surface area contributed by atoms with E-state index in [0.717, 1.165) is 50.9 Å². The number of phosphoric acid groups is 2. The van der Waals surface area contributed by atoms with Crippen LogP contribution in [0.5, 0.6) is 0 Å². The van der Waals surface area contributed by atoms with Crippen LogP contribution in [0.15, 0.2) is 24.3 Å². The molecule has 386 valence electrons. The van der Waals surface area contributed by atoms with Gasteiger partial charge in [-0.1, -0.05) is 167 Å². The van der Waals surface area contributed by atoms with Crippen molar-refractivity contribution in [1.82, 2.24) is 0 Å². The van der Waals surface area contributed by atoms with Crippen LogP contribution in [0.1, 0.15) is 194 Å². The van der Waals surface area contributed by atoms with E-state index in [4.69, 9.17) is 23.8 Å². The number of allylic oxidation sites excluding steroid dienone is 3. The molecule has 0 aromatic heterocycles. The zero-order chi connectivity index (χ0) is 49.1. The molecule has 1 aliphatic carbocycles. The van der Waals surface area contributed by atoms with Crippen molar-refractivity contribution in [2.45, 2.75) is 219 Å². The number of aliphatic hydroxyl groups excluding tert-OH is 3.